The van der Waals surface area contributed by atoms with Gasteiger partial charge in [-0.15, -0.1) is 0 Å². The molecule has 6 rings (SSSR count). The zero-order valence-corrected chi connectivity index (χ0v) is 26.9. The van der Waals surface area contributed by atoms with Crippen molar-refractivity contribution >= 4 is 83.9 Å². The number of benzene rings is 2. The molecule has 2 aliphatic heterocycles. The fraction of sp³-hybridized carbons (Fsp3) is 0.250. The molecule has 0 radical (unpaired) electrons. The highest BCUT2D eigenvalue weighted by Crippen LogP contribution is 2.45. The summed E-state index contributed by atoms with van der Waals surface area (Å²) >= 11 is 17.4. The lowest BCUT2D eigenvalue weighted by Crippen LogP contribution is -2.51. The Bertz CT molecular complexity index is 1770. The molecule has 14 heteroatoms. The number of rotatable bonds is 6. The second-order valence-corrected chi connectivity index (χ2v) is 14.7. The molecule has 1 fully saturated rings. The molecule has 218 valence electrons. The highest BCUT2D eigenvalue weighted by atomic mass is 79.9. The number of carbonyl (C=O) groups excluding carboxylic acids is 2. The van der Waals surface area contributed by atoms with Gasteiger partial charge in [-0.2, -0.15) is 15.6 Å². The van der Waals surface area contributed by atoms with E-state index in [-0.39, 0.29) is 55.4 Å². The predicted octanol–water partition coefficient (Wildman–Crippen LogP) is 5.80. The average molecular weight is 709 g/mol. The normalized spacial score (nSPS) is 19.4. The van der Waals surface area contributed by atoms with Crippen molar-refractivity contribution in [2.75, 3.05) is 31.1 Å². The van der Waals surface area contributed by atoms with Gasteiger partial charge in [-0.25, -0.2) is 18.3 Å². The molecular weight excluding hydrogens is 685 g/mol. The van der Waals surface area contributed by atoms with Gasteiger partial charge in [0, 0.05) is 52.5 Å². The summed E-state index contributed by atoms with van der Waals surface area (Å²) in [7, 11) is -4.10. The van der Waals surface area contributed by atoms with Crippen LogP contribution in [0, 0.1) is 0 Å². The minimum Gasteiger partial charge on any atom is -0.336 e. The van der Waals surface area contributed by atoms with Crippen LogP contribution in [-0.2, 0) is 26.8 Å². The van der Waals surface area contributed by atoms with Gasteiger partial charge < -0.3 is 4.90 Å². The second-order valence-electron chi connectivity index (χ2n) is 10.3. The van der Waals surface area contributed by atoms with Gasteiger partial charge in [0.1, 0.15) is 5.54 Å². The Morgan fingerprint density at radius 3 is 2.33 bits per heavy atom. The van der Waals surface area contributed by atoms with Crippen molar-refractivity contribution < 1.29 is 18.0 Å². The molecule has 4 aromatic rings. The Morgan fingerprint density at radius 2 is 1.71 bits per heavy atom. The number of piperazine rings is 1. The van der Waals surface area contributed by atoms with Crippen LogP contribution in [0.4, 0.5) is 11.6 Å². The highest BCUT2D eigenvalue weighted by molar-refractivity contribution is 9.10. The van der Waals surface area contributed by atoms with Crippen LogP contribution in [0.25, 0.3) is 0 Å². The number of fused-ring (bicyclic) bond motifs is 1. The fourth-order valence-corrected chi connectivity index (χ4v) is 8.46. The lowest BCUT2D eigenvalue weighted by Gasteiger charge is -2.34. The van der Waals surface area contributed by atoms with Crippen LogP contribution in [0.3, 0.4) is 0 Å². The molecule has 2 amide bonds. The van der Waals surface area contributed by atoms with E-state index in [0.717, 1.165) is 10.0 Å². The van der Waals surface area contributed by atoms with Gasteiger partial charge in [-0.3, -0.25) is 14.2 Å². The van der Waals surface area contributed by atoms with Crippen molar-refractivity contribution in [3.05, 3.63) is 91.1 Å². The van der Waals surface area contributed by atoms with E-state index in [9.17, 15) is 18.0 Å². The summed E-state index contributed by atoms with van der Waals surface area (Å²) in [5.41, 5.74) is 0.471. The molecule has 0 spiro atoms. The van der Waals surface area contributed by atoms with Crippen LogP contribution in [0.1, 0.15) is 22.8 Å². The van der Waals surface area contributed by atoms with Crippen molar-refractivity contribution in [1.29, 1.82) is 0 Å². The number of aromatic nitrogens is 2. The Balaban J connectivity index is 1.38. The van der Waals surface area contributed by atoms with Crippen LogP contribution >= 0.6 is 50.5 Å². The summed E-state index contributed by atoms with van der Waals surface area (Å²) in [4.78, 5) is 34.5. The first kappa shape index (κ1) is 29.3. The van der Waals surface area contributed by atoms with E-state index in [4.69, 9.17) is 23.2 Å². The van der Waals surface area contributed by atoms with Crippen LogP contribution in [0.15, 0.2) is 75.0 Å². The van der Waals surface area contributed by atoms with Gasteiger partial charge in [0.2, 0.25) is 5.95 Å². The number of anilines is 2. The van der Waals surface area contributed by atoms with E-state index < -0.39 is 15.6 Å². The molecule has 2 aromatic heterocycles. The molecule has 42 heavy (non-hydrogen) atoms. The van der Waals surface area contributed by atoms with Crippen LogP contribution in [0.5, 0.6) is 0 Å². The van der Waals surface area contributed by atoms with Crippen LogP contribution in [-0.4, -0.2) is 65.2 Å². The lowest BCUT2D eigenvalue weighted by molar-refractivity contribution is -0.124. The number of thiophene rings is 1. The highest BCUT2D eigenvalue weighted by Gasteiger charge is 2.52. The molecule has 2 aromatic carbocycles. The first-order chi connectivity index (χ1) is 20.0. The zero-order valence-electron chi connectivity index (χ0n) is 22.2. The monoisotopic (exact) mass is 707 g/mol. The van der Waals surface area contributed by atoms with E-state index in [0.29, 0.717) is 21.3 Å². The average Bonchev–Trinajstić information content (AvgIpc) is 3.69. The van der Waals surface area contributed by atoms with Crippen LogP contribution < -0.4 is 4.90 Å². The quantitative estimate of drug-likeness (QED) is 0.253. The van der Waals surface area contributed by atoms with E-state index in [2.05, 4.69) is 20.9 Å². The Kier molecular flexibility index (Phi) is 7.73. The first-order valence-electron chi connectivity index (χ1n) is 12.9. The van der Waals surface area contributed by atoms with Crippen molar-refractivity contribution in [3.8, 4) is 0 Å². The standard InChI is InChI=1S/C28H24BrCl2N5O4S2/c1-28(15-18-2-4-20(29)5-3-18)26(38)35(23-13-21(30)12-22(31)14-23)27-32-16-24(36(27)28)42(39,40)34-9-7-33(8-10-34)25(37)19-6-11-41-17-19/h2-6,11-14,16-17H,7-10,15H2,1H3. The van der Waals surface area contributed by atoms with Crippen LogP contribution in [0.2, 0.25) is 10.0 Å². The van der Waals surface area contributed by atoms with Crippen molar-refractivity contribution in [1.82, 2.24) is 18.8 Å². The van der Waals surface area contributed by atoms with Gasteiger partial charge in [-0.1, -0.05) is 51.3 Å². The maximum Gasteiger partial charge on any atom is 0.260 e. The smallest absolute Gasteiger partial charge is 0.260 e. The number of carbonyl (C=O) groups is 2. The fourth-order valence-electron chi connectivity index (χ4n) is 5.45. The van der Waals surface area contributed by atoms with Crippen molar-refractivity contribution in [2.45, 2.75) is 23.9 Å². The Morgan fingerprint density at radius 1 is 1.05 bits per heavy atom. The third kappa shape index (κ3) is 5.07. The van der Waals surface area contributed by atoms with E-state index >= 15 is 0 Å². The Hall–Kier alpha value is -2.74. The molecule has 0 saturated carbocycles. The second kappa shape index (κ2) is 11.1. The van der Waals surface area contributed by atoms with Gasteiger partial charge in [0.15, 0.2) is 5.03 Å². The van der Waals surface area contributed by atoms with Gasteiger partial charge in [0.25, 0.3) is 21.8 Å². The molecule has 4 heterocycles. The molecule has 1 atom stereocenters. The molecule has 1 unspecified atom stereocenters. The SMILES string of the molecule is CC1(Cc2ccc(Br)cc2)C(=O)N(c2cc(Cl)cc(Cl)c2)c2ncc(S(=O)(=O)N3CCN(C(=O)c4ccsc4)CC3)n21. The predicted molar refractivity (Wildman–Crippen MR) is 166 cm³/mol. The molecule has 2 aliphatic rings. The summed E-state index contributed by atoms with van der Waals surface area (Å²) < 4.78 is 32.0. The molecule has 9 nitrogen and oxygen atoms in total. The van der Waals surface area contributed by atoms with E-state index in [1.54, 1.807) is 41.5 Å². The third-order valence-electron chi connectivity index (χ3n) is 7.53. The zero-order chi connectivity index (χ0) is 29.8. The third-order valence-corrected chi connectivity index (χ3v) is 11.0. The maximum atomic E-state index is 14.2. The minimum absolute atomic E-state index is 0.0984. The minimum atomic E-state index is -4.10. The largest absolute Gasteiger partial charge is 0.336 e. The molecular formula is C28H24BrCl2N5O4S2. The lowest BCUT2D eigenvalue weighted by atomic mass is 9.92. The molecule has 0 N–H and O–H groups in total. The summed E-state index contributed by atoms with van der Waals surface area (Å²) in [5.74, 6) is -0.334. The first-order valence-corrected chi connectivity index (χ1v) is 16.9. The summed E-state index contributed by atoms with van der Waals surface area (Å²) in [6, 6.07) is 14.0. The summed E-state index contributed by atoms with van der Waals surface area (Å²) in [6.07, 6.45) is 1.50. The number of sulfonamides is 1. The maximum absolute atomic E-state index is 14.2. The number of halogens is 3. The van der Waals surface area contributed by atoms with E-state index in [1.807, 2.05) is 29.6 Å². The molecule has 0 aliphatic carbocycles. The Labute approximate surface area is 265 Å². The van der Waals surface area contributed by atoms with Gasteiger partial charge >= 0.3 is 0 Å². The van der Waals surface area contributed by atoms with Gasteiger partial charge in [0.05, 0.1) is 17.4 Å². The van der Waals surface area contributed by atoms with Crippen molar-refractivity contribution in [3.63, 3.8) is 0 Å². The molecule has 0 bridgehead atoms. The summed E-state index contributed by atoms with van der Waals surface area (Å²) in [5, 5.41) is 4.17. The number of hydrogen-bond acceptors (Lipinski definition) is 6. The van der Waals surface area contributed by atoms with Crippen molar-refractivity contribution in [2.24, 2.45) is 0 Å². The number of nitrogens with zero attached hydrogens (tertiary/aromatic N) is 5. The number of amides is 2. The van der Waals surface area contributed by atoms with Gasteiger partial charge in [-0.05, 0) is 54.3 Å². The number of hydrogen-bond donors (Lipinski definition) is 0. The topological polar surface area (TPSA) is 95.8 Å². The summed E-state index contributed by atoms with van der Waals surface area (Å²) in [6.45, 7) is 2.44. The number of imidazole rings is 1. The molecule has 1 saturated heterocycles. The van der Waals surface area contributed by atoms with E-state index in [1.165, 1.54) is 31.3 Å².